The topological polar surface area (TPSA) is 481 Å². The molecule has 0 aliphatic rings. The van der Waals surface area contributed by atoms with Crippen LogP contribution in [0.2, 0.25) is 0 Å². The highest BCUT2D eigenvalue weighted by molar-refractivity contribution is 5.86. The Kier molecular flexibility index (Phi) is 71.4. The number of Topliss-reactive ketones (excluding diaryl/α,β-unsaturated/α-hetero) is 4. The molecule has 5 amide bonds. The van der Waals surface area contributed by atoms with E-state index in [-0.39, 0.29) is 235 Å². The number of rotatable bonds is 86. The Morgan fingerprint density at radius 2 is 0.679 bits per heavy atom. The van der Waals surface area contributed by atoms with Gasteiger partial charge in [-0.2, -0.15) is 0 Å². The molecule has 33 heteroatoms. The summed E-state index contributed by atoms with van der Waals surface area (Å²) in [5, 5.41) is 66.1. The fourth-order valence-corrected chi connectivity index (χ4v) is 11.5. The number of aliphatic hydroxyl groups is 1. The average Bonchev–Trinajstić information content (AvgIpc) is 0.937. The first-order valence-corrected chi connectivity index (χ1v) is 41.1. The van der Waals surface area contributed by atoms with Crippen LogP contribution in [0.3, 0.4) is 0 Å². The van der Waals surface area contributed by atoms with Crippen molar-refractivity contribution in [1.29, 1.82) is 0 Å². The molecule has 648 valence electrons. The molecule has 33 nitrogen and oxygen atoms in total. The second-order valence-electron chi connectivity index (χ2n) is 28.3. The largest absolute Gasteiger partial charge is 0.481 e. The fraction of sp³-hybridized carbons (Fsp3) is 0.835. The number of nitrogens with one attached hydrogen (secondary N) is 7. The van der Waals surface area contributed by atoms with Gasteiger partial charge in [-0.25, -0.2) is 4.79 Å². The maximum atomic E-state index is 12.9. The Morgan fingerprint density at radius 3 is 1.13 bits per heavy atom. The molecule has 0 heterocycles. The first-order chi connectivity index (χ1) is 54.0. The number of ketones is 4. The van der Waals surface area contributed by atoms with Crippen molar-refractivity contribution < 1.29 is 126 Å². The summed E-state index contributed by atoms with van der Waals surface area (Å²) >= 11 is 0. The van der Waals surface area contributed by atoms with Crippen molar-refractivity contribution in [3.8, 4) is 0 Å². The predicted octanol–water partition coefficient (Wildman–Crippen LogP) is 6.40. The monoisotopic (exact) mass is 1600 g/mol. The highest BCUT2D eigenvalue weighted by Crippen LogP contribution is 2.16. The summed E-state index contributed by atoms with van der Waals surface area (Å²) in [4.78, 5) is 156. The molecule has 0 bridgehead atoms. The van der Waals surface area contributed by atoms with Crippen LogP contribution in [0.4, 0.5) is 0 Å². The normalized spacial score (nSPS) is 12.6. The number of carboxylic acid groups (broad SMARTS) is 4. The SMILES string of the molecule is CC(=O)[C@H](CCCCNC(=O)COCCOCCCC(=O)COCCOCCNC(=O)CC[C@H](NC(O)CCCCCCCCCCCCC(=O)O)C(=O)O)NCC(=O)[C@@H](C)CCCCNC(=O)COCCOCCNC(=O)COCCOCCCC(=O)CC[C@H](NC(=O)CCCCCCCCCCCCC(=O)O)C(=O)O. The van der Waals surface area contributed by atoms with Crippen LogP contribution < -0.4 is 37.2 Å². The van der Waals surface area contributed by atoms with Gasteiger partial charge < -0.3 is 95.3 Å². The van der Waals surface area contributed by atoms with Crippen molar-refractivity contribution in [2.45, 2.75) is 282 Å². The highest BCUT2D eigenvalue weighted by atomic mass is 16.5. The number of unbranched alkanes of at least 4 members (excludes halogenated alkanes) is 20. The highest BCUT2D eigenvalue weighted by Gasteiger charge is 2.24. The maximum absolute atomic E-state index is 12.9. The number of ether oxygens (including phenoxy) is 8. The van der Waals surface area contributed by atoms with Crippen LogP contribution in [-0.4, -0.2) is 265 Å². The van der Waals surface area contributed by atoms with Gasteiger partial charge in [0.25, 0.3) is 0 Å². The number of hydrogen-bond acceptors (Lipinski definition) is 24. The van der Waals surface area contributed by atoms with Gasteiger partial charge in [0, 0.05) is 90.3 Å². The number of carbonyl (C=O) groups is 13. The van der Waals surface area contributed by atoms with Gasteiger partial charge in [0.15, 0.2) is 5.78 Å². The van der Waals surface area contributed by atoms with Crippen molar-refractivity contribution in [1.82, 2.24) is 37.2 Å². The lowest BCUT2D eigenvalue weighted by Gasteiger charge is -2.19. The van der Waals surface area contributed by atoms with E-state index in [1.165, 1.54) is 6.92 Å². The fourth-order valence-electron chi connectivity index (χ4n) is 11.5. The lowest BCUT2D eigenvalue weighted by atomic mass is 9.98. The van der Waals surface area contributed by atoms with E-state index < -0.39 is 48.2 Å². The van der Waals surface area contributed by atoms with Crippen molar-refractivity contribution in [2.75, 3.05) is 138 Å². The van der Waals surface area contributed by atoms with Crippen molar-refractivity contribution >= 4 is 76.5 Å². The molecule has 112 heavy (non-hydrogen) atoms. The van der Waals surface area contributed by atoms with Gasteiger partial charge in [0.1, 0.15) is 62.1 Å². The third kappa shape index (κ3) is 72.4. The molecule has 0 spiro atoms. The van der Waals surface area contributed by atoms with Gasteiger partial charge in [0.05, 0.1) is 78.7 Å². The van der Waals surface area contributed by atoms with E-state index in [0.29, 0.717) is 90.3 Å². The summed E-state index contributed by atoms with van der Waals surface area (Å²) in [6, 6.07) is -2.71. The Hall–Kier alpha value is -6.53. The average molecular weight is 1610 g/mol. The predicted molar refractivity (Wildman–Crippen MR) is 416 cm³/mol. The Bertz CT molecular complexity index is 2540. The zero-order valence-electron chi connectivity index (χ0n) is 67.4. The van der Waals surface area contributed by atoms with Gasteiger partial charge in [-0.1, -0.05) is 116 Å². The number of carboxylic acids is 4. The molecule has 1 unspecified atom stereocenters. The third-order valence-electron chi connectivity index (χ3n) is 18.1. The van der Waals surface area contributed by atoms with Crippen LogP contribution in [0.1, 0.15) is 258 Å². The lowest BCUT2D eigenvalue weighted by Crippen LogP contribution is -2.44. The first-order valence-electron chi connectivity index (χ1n) is 41.1. The molecular weight excluding hydrogens is 1460 g/mol. The number of amides is 5. The van der Waals surface area contributed by atoms with Gasteiger partial charge in [-0.3, -0.25) is 62.9 Å². The van der Waals surface area contributed by atoms with E-state index in [4.69, 9.17) is 48.1 Å². The van der Waals surface area contributed by atoms with Crippen LogP contribution in [0.15, 0.2) is 0 Å². The second kappa shape index (κ2) is 75.8. The lowest BCUT2D eigenvalue weighted by molar-refractivity contribution is -0.142. The van der Waals surface area contributed by atoms with Gasteiger partial charge in [-0.15, -0.1) is 0 Å². The van der Waals surface area contributed by atoms with Gasteiger partial charge in [0.2, 0.25) is 29.5 Å². The number of aliphatic carboxylic acids is 4. The minimum atomic E-state index is -1.19. The summed E-state index contributed by atoms with van der Waals surface area (Å²) in [7, 11) is 0. The molecule has 0 aliphatic carbocycles. The van der Waals surface area contributed by atoms with E-state index in [1.807, 2.05) is 6.92 Å². The molecule has 5 atom stereocenters. The molecule has 0 rings (SSSR count). The molecule has 0 saturated carbocycles. The van der Waals surface area contributed by atoms with Crippen LogP contribution in [0, 0.1) is 5.92 Å². The number of aliphatic hydroxyl groups excluding tert-OH is 1. The van der Waals surface area contributed by atoms with Crippen LogP contribution in [0.5, 0.6) is 0 Å². The van der Waals surface area contributed by atoms with Crippen molar-refractivity contribution in [3.05, 3.63) is 0 Å². The minimum Gasteiger partial charge on any atom is -0.481 e. The Labute approximate surface area is 663 Å². The quantitative estimate of drug-likeness (QED) is 0.0231. The van der Waals surface area contributed by atoms with E-state index in [0.717, 1.165) is 116 Å². The molecule has 0 aromatic heterocycles. The summed E-state index contributed by atoms with van der Waals surface area (Å²) in [6.45, 7) is 6.54. The number of carbonyl (C=O) groups excluding carboxylic acids is 9. The summed E-state index contributed by atoms with van der Waals surface area (Å²) in [5.74, 6) is -6.06. The van der Waals surface area contributed by atoms with Gasteiger partial charge >= 0.3 is 23.9 Å². The molecule has 0 fully saturated rings. The van der Waals surface area contributed by atoms with E-state index in [9.17, 15) is 77.6 Å². The molecule has 0 aromatic carbocycles. The molecule has 0 saturated heterocycles. The Morgan fingerprint density at radius 1 is 0.304 bits per heavy atom. The van der Waals surface area contributed by atoms with E-state index in [1.54, 1.807) is 0 Å². The molecule has 12 N–H and O–H groups in total. The minimum absolute atomic E-state index is 0.00195. The molecule has 0 aromatic rings. The van der Waals surface area contributed by atoms with E-state index in [2.05, 4.69) is 37.2 Å². The summed E-state index contributed by atoms with van der Waals surface area (Å²) in [6.07, 6.45) is 24.4. The number of hydrogen-bond donors (Lipinski definition) is 12. The first kappa shape index (κ1) is 105. The molecule has 0 radical (unpaired) electrons. The third-order valence-corrected chi connectivity index (χ3v) is 18.1. The van der Waals surface area contributed by atoms with Gasteiger partial charge in [-0.05, 0) is 96.8 Å². The smallest absolute Gasteiger partial charge is 0.326 e. The Balaban J connectivity index is 3.81. The van der Waals surface area contributed by atoms with Crippen LogP contribution >= 0.6 is 0 Å². The zero-order chi connectivity index (χ0) is 82.7. The van der Waals surface area contributed by atoms with Crippen molar-refractivity contribution in [3.63, 3.8) is 0 Å². The molecular formula is C79H141N7O26. The summed E-state index contributed by atoms with van der Waals surface area (Å²) < 4.78 is 43.4. The zero-order valence-corrected chi connectivity index (χ0v) is 67.4. The van der Waals surface area contributed by atoms with Crippen LogP contribution in [0.25, 0.3) is 0 Å². The molecule has 0 aliphatic heterocycles. The standard InChI is InChI=1S/C79H141N7O26/c1-62(29-23-25-41-80-73(94)60-112-56-52-108-48-44-83-75(96)61-111-55-49-105-45-27-30-64(88)37-38-67(78(101)102)85-71(92)33-19-15-11-7-3-5-9-13-17-21-35-76(97)98)69(90)57-84-66(63(2)87)32-24-26-42-81-74(95)59-110-54-50-106-46-28-31-65(89)58-109-53-51-107-47-43-82-70(91)40-39-68(79(103)104)86-72(93)34-20-16-12-8-4-6-10-14-18-22-36-77(99)100/h62,66-68,72,84,86,93H,3-61H2,1-2H3,(H,80,94)(H,81,95)(H,82,91)(H,83,96)(H,85,92)(H,97,98)(H,99,100)(H,101,102)(H,103,104)/t62-,66-,67-,68-,72?/m0/s1. The summed E-state index contributed by atoms with van der Waals surface area (Å²) in [5.41, 5.74) is 0. The maximum Gasteiger partial charge on any atom is 0.326 e. The van der Waals surface area contributed by atoms with Crippen LogP contribution in [-0.2, 0) is 100 Å². The second-order valence-corrected chi connectivity index (χ2v) is 28.3. The van der Waals surface area contributed by atoms with E-state index >= 15 is 0 Å². The van der Waals surface area contributed by atoms with Crippen molar-refractivity contribution in [2.24, 2.45) is 5.92 Å².